The lowest BCUT2D eigenvalue weighted by Crippen LogP contribution is -2.57. The lowest BCUT2D eigenvalue weighted by atomic mass is 9.98. The summed E-state index contributed by atoms with van der Waals surface area (Å²) < 4.78 is 5.73. The van der Waals surface area contributed by atoms with Gasteiger partial charge in [0.1, 0.15) is 5.75 Å². The zero-order valence-corrected chi connectivity index (χ0v) is 13.5. The quantitative estimate of drug-likeness (QED) is 0.846. The summed E-state index contributed by atoms with van der Waals surface area (Å²) >= 11 is 0. The van der Waals surface area contributed by atoms with Gasteiger partial charge in [0.25, 0.3) is 0 Å². The molecule has 0 unspecified atom stereocenters. The van der Waals surface area contributed by atoms with Crippen molar-refractivity contribution >= 4 is 5.78 Å². The Kier molecular flexibility index (Phi) is 5.01. The molecule has 1 aliphatic heterocycles. The van der Waals surface area contributed by atoms with E-state index >= 15 is 0 Å². The van der Waals surface area contributed by atoms with Gasteiger partial charge in [0.2, 0.25) is 0 Å². The van der Waals surface area contributed by atoms with Gasteiger partial charge in [0.05, 0.1) is 6.61 Å². The van der Waals surface area contributed by atoms with E-state index in [1.54, 1.807) is 6.92 Å². The maximum atomic E-state index is 11.6. The summed E-state index contributed by atoms with van der Waals surface area (Å²) in [4.78, 5) is 14.1. The van der Waals surface area contributed by atoms with Gasteiger partial charge in [-0.2, -0.15) is 0 Å². The maximum absolute atomic E-state index is 11.6. The van der Waals surface area contributed by atoms with Crippen LogP contribution in [0.2, 0.25) is 0 Å². The summed E-state index contributed by atoms with van der Waals surface area (Å²) in [6.07, 6.45) is 0. The van der Waals surface area contributed by atoms with Crippen molar-refractivity contribution in [1.29, 1.82) is 0 Å². The van der Waals surface area contributed by atoms with Crippen molar-refractivity contribution < 1.29 is 9.53 Å². The predicted octanol–water partition coefficient (Wildman–Crippen LogP) is 2.47. The Morgan fingerprint density at radius 3 is 2.81 bits per heavy atom. The molecule has 0 radical (unpaired) electrons. The van der Waals surface area contributed by atoms with Gasteiger partial charge in [-0.1, -0.05) is 0 Å². The Morgan fingerprint density at radius 1 is 1.43 bits per heavy atom. The van der Waals surface area contributed by atoms with Crippen molar-refractivity contribution in [3.05, 3.63) is 29.3 Å². The first-order valence-corrected chi connectivity index (χ1v) is 7.66. The number of Topliss-reactive ketones (excluding diaryl/α,β-unsaturated/α-hetero) is 1. The van der Waals surface area contributed by atoms with Crippen LogP contribution in [0.1, 0.15) is 43.6 Å². The van der Waals surface area contributed by atoms with E-state index in [-0.39, 0.29) is 11.3 Å². The fourth-order valence-corrected chi connectivity index (χ4v) is 2.74. The summed E-state index contributed by atoms with van der Waals surface area (Å²) in [6.45, 7) is 12.5. The molecular formula is C17H26N2O2. The summed E-state index contributed by atoms with van der Waals surface area (Å²) in [5.74, 6) is 0.982. The molecule has 0 amide bonds. The fourth-order valence-electron chi connectivity index (χ4n) is 2.74. The Labute approximate surface area is 127 Å². The number of benzene rings is 1. The highest BCUT2D eigenvalue weighted by molar-refractivity contribution is 5.94. The average molecular weight is 290 g/mol. The molecule has 4 nitrogen and oxygen atoms in total. The average Bonchev–Trinajstić information content (AvgIpc) is 2.43. The molecule has 1 saturated heterocycles. The van der Waals surface area contributed by atoms with Crippen LogP contribution in [0.3, 0.4) is 0 Å². The summed E-state index contributed by atoms with van der Waals surface area (Å²) in [5, 5.41) is 3.43. The van der Waals surface area contributed by atoms with Crippen LogP contribution in [0.4, 0.5) is 0 Å². The van der Waals surface area contributed by atoms with E-state index in [0.29, 0.717) is 6.61 Å². The van der Waals surface area contributed by atoms with Gasteiger partial charge < -0.3 is 10.1 Å². The topological polar surface area (TPSA) is 41.6 Å². The number of rotatable bonds is 5. The summed E-state index contributed by atoms with van der Waals surface area (Å²) in [7, 11) is 0. The highest BCUT2D eigenvalue weighted by Crippen LogP contribution is 2.26. The van der Waals surface area contributed by atoms with Crippen LogP contribution in [0.5, 0.6) is 5.75 Å². The van der Waals surface area contributed by atoms with Crippen LogP contribution in [0.25, 0.3) is 0 Å². The van der Waals surface area contributed by atoms with Gasteiger partial charge >= 0.3 is 0 Å². The lowest BCUT2D eigenvalue weighted by molar-refractivity contribution is 0.0816. The van der Waals surface area contributed by atoms with Crippen LogP contribution >= 0.6 is 0 Å². The molecular weight excluding hydrogens is 264 g/mol. The van der Waals surface area contributed by atoms with Gasteiger partial charge in [0, 0.05) is 42.8 Å². The molecule has 1 N–H and O–H groups in total. The molecule has 116 valence electrons. The van der Waals surface area contributed by atoms with Crippen LogP contribution in [-0.4, -0.2) is 42.5 Å². The van der Waals surface area contributed by atoms with Gasteiger partial charge in [-0.3, -0.25) is 9.69 Å². The fraction of sp³-hybridized carbons (Fsp3) is 0.588. The largest absolute Gasteiger partial charge is 0.494 e. The minimum absolute atomic E-state index is 0.0962. The number of hydrogen-bond acceptors (Lipinski definition) is 4. The first-order valence-electron chi connectivity index (χ1n) is 7.66. The van der Waals surface area contributed by atoms with E-state index in [9.17, 15) is 4.79 Å². The third-order valence-electron chi connectivity index (χ3n) is 4.10. The molecule has 1 fully saturated rings. The molecule has 21 heavy (non-hydrogen) atoms. The molecule has 0 aromatic heterocycles. The SMILES string of the molecule is CCOc1ccc(C(C)=O)cc1CN1CCNCC1(C)C. The van der Waals surface area contributed by atoms with Crippen molar-refractivity contribution in [2.75, 3.05) is 26.2 Å². The number of piperazine rings is 1. The Balaban J connectivity index is 2.27. The molecule has 0 saturated carbocycles. The zero-order chi connectivity index (χ0) is 15.5. The van der Waals surface area contributed by atoms with Gasteiger partial charge in [-0.15, -0.1) is 0 Å². The number of ketones is 1. The molecule has 1 aromatic carbocycles. The minimum Gasteiger partial charge on any atom is -0.494 e. The first-order chi connectivity index (χ1) is 9.94. The molecule has 2 rings (SSSR count). The van der Waals surface area contributed by atoms with Crippen molar-refractivity contribution in [3.8, 4) is 5.75 Å². The Morgan fingerprint density at radius 2 is 2.19 bits per heavy atom. The van der Waals surface area contributed by atoms with Crippen molar-refractivity contribution in [2.45, 2.75) is 39.8 Å². The number of nitrogens with zero attached hydrogens (tertiary/aromatic N) is 1. The van der Waals surface area contributed by atoms with Crippen molar-refractivity contribution in [2.24, 2.45) is 0 Å². The number of carbonyl (C=O) groups excluding carboxylic acids is 1. The lowest BCUT2D eigenvalue weighted by Gasteiger charge is -2.43. The van der Waals surface area contributed by atoms with Crippen molar-refractivity contribution in [3.63, 3.8) is 0 Å². The van der Waals surface area contributed by atoms with Crippen LogP contribution in [0.15, 0.2) is 18.2 Å². The van der Waals surface area contributed by atoms with E-state index in [4.69, 9.17) is 4.74 Å². The summed E-state index contributed by atoms with van der Waals surface area (Å²) in [6, 6.07) is 5.75. The second-order valence-electron chi connectivity index (χ2n) is 6.22. The molecule has 0 bridgehead atoms. The van der Waals surface area contributed by atoms with E-state index in [0.717, 1.165) is 43.1 Å². The predicted molar refractivity (Wildman–Crippen MR) is 85.0 cm³/mol. The molecule has 0 spiro atoms. The molecule has 4 heteroatoms. The number of ether oxygens (including phenoxy) is 1. The zero-order valence-electron chi connectivity index (χ0n) is 13.5. The number of hydrogen-bond donors (Lipinski definition) is 1. The van der Waals surface area contributed by atoms with Gasteiger partial charge in [-0.05, 0) is 45.9 Å². The van der Waals surface area contributed by atoms with E-state index in [2.05, 4.69) is 24.1 Å². The third kappa shape index (κ3) is 3.83. The summed E-state index contributed by atoms with van der Waals surface area (Å²) in [5.41, 5.74) is 1.95. The standard InChI is InChI=1S/C17H26N2O2/c1-5-21-16-7-6-14(13(2)20)10-15(16)11-19-9-8-18-12-17(19,3)4/h6-7,10,18H,5,8-9,11-12H2,1-4H3. The number of carbonyl (C=O) groups is 1. The number of nitrogens with one attached hydrogen (secondary N) is 1. The van der Waals surface area contributed by atoms with Crippen LogP contribution < -0.4 is 10.1 Å². The second-order valence-corrected chi connectivity index (χ2v) is 6.22. The normalized spacial score (nSPS) is 18.5. The van der Waals surface area contributed by atoms with Gasteiger partial charge in [-0.25, -0.2) is 0 Å². The monoisotopic (exact) mass is 290 g/mol. The highest BCUT2D eigenvalue weighted by Gasteiger charge is 2.30. The van der Waals surface area contributed by atoms with E-state index < -0.39 is 0 Å². The van der Waals surface area contributed by atoms with Crippen LogP contribution in [-0.2, 0) is 6.54 Å². The molecule has 0 atom stereocenters. The van der Waals surface area contributed by atoms with Gasteiger partial charge in [0.15, 0.2) is 5.78 Å². The maximum Gasteiger partial charge on any atom is 0.159 e. The Hall–Kier alpha value is -1.39. The first kappa shape index (κ1) is 16.0. The molecule has 1 heterocycles. The highest BCUT2D eigenvalue weighted by atomic mass is 16.5. The Bertz CT molecular complexity index is 512. The third-order valence-corrected chi connectivity index (χ3v) is 4.10. The van der Waals surface area contributed by atoms with Crippen LogP contribution in [0, 0.1) is 0 Å². The molecule has 0 aliphatic carbocycles. The minimum atomic E-state index is 0.0962. The van der Waals surface area contributed by atoms with Crippen molar-refractivity contribution in [1.82, 2.24) is 10.2 Å². The molecule has 1 aliphatic rings. The molecule has 1 aromatic rings. The smallest absolute Gasteiger partial charge is 0.159 e. The van der Waals surface area contributed by atoms with E-state index in [1.165, 1.54) is 0 Å². The van der Waals surface area contributed by atoms with E-state index in [1.807, 2.05) is 25.1 Å². The second kappa shape index (κ2) is 6.58.